The van der Waals surface area contributed by atoms with Crippen LogP contribution in [0.25, 0.3) is 0 Å². The zero-order chi connectivity index (χ0) is 17.4. The molecule has 2 aliphatic heterocycles. The number of morpholine rings is 1. The standard InChI is InChI=1S/C17H24N2O4S/c1-13-18-24(20,21)16(17(2,3)23-13)15-6-4-14(5-7-15)12-19-8-10-22-11-9-19/h4-7,16H,8-12H2,1-3H3. The van der Waals surface area contributed by atoms with Crippen LogP contribution in [0, 0.1) is 0 Å². The van der Waals surface area contributed by atoms with E-state index < -0.39 is 20.9 Å². The molecule has 1 aromatic rings. The van der Waals surface area contributed by atoms with E-state index in [-0.39, 0.29) is 5.90 Å². The summed E-state index contributed by atoms with van der Waals surface area (Å²) in [7, 11) is -3.64. The van der Waals surface area contributed by atoms with Crippen LogP contribution in [-0.2, 0) is 26.0 Å². The van der Waals surface area contributed by atoms with E-state index in [1.54, 1.807) is 20.8 Å². The molecule has 0 N–H and O–H groups in total. The second-order valence-corrected chi connectivity index (χ2v) is 8.52. The SMILES string of the molecule is CC1=NS(=O)(=O)C(c2ccc(CN3CCOCC3)cc2)C(C)(C)O1. The molecule has 1 unspecified atom stereocenters. The average molecular weight is 352 g/mol. The molecule has 0 aromatic heterocycles. The van der Waals surface area contributed by atoms with Gasteiger partial charge in [0.2, 0.25) is 0 Å². The average Bonchev–Trinajstić information content (AvgIpc) is 2.47. The first-order valence-electron chi connectivity index (χ1n) is 8.16. The summed E-state index contributed by atoms with van der Waals surface area (Å²) in [4.78, 5) is 2.33. The summed E-state index contributed by atoms with van der Waals surface area (Å²) in [6.45, 7) is 9.37. The zero-order valence-electron chi connectivity index (χ0n) is 14.4. The van der Waals surface area contributed by atoms with Gasteiger partial charge in [0.1, 0.15) is 10.9 Å². The molecule has 0 saturated carbocycles. The Kier molecular flexibility index (Phi) is 4.68. The number of benzene rings is 1. The van der Waals surface area contributed by atoms with Crippen molar-refractivity contribution in [2.24, 2.45) is 4.40 Å². The normalized spacial score (nSPS) is 26.5. The largest absolute Gasteiger partial charge is 0.473 e. The van der Waals surface area contributed by atoms with Crippen LogP contribution in [0.3, 0.4) is 0 Å². The maximum atomic E-state index is 12.5. The first-order valence-corrected chi connectivity index (χ1v) is 9.66. The van der Waals surface area contributed by atoms with Crippen molar-refractivity contribution in [2.75, 3.05) is 26.3 Å². The van der Waals surface area contributed by atoms with Gasteiger partial charge in [-0.15, -0.1) is 4.40 Å². The Labute approximate surface area is 143 Å². The van der Waals surface area contributed by atoms with Gasteiger partial charge in [0, 0.05) is 26.6 Å². The van der Waals surface area contributed by atoms with Crippen LogP contribution in [0.2, 0.25) is 0 Å². The topological polar surface area (TPSA) is 68.2 Å². The summed E-state index contributed by atoms with van der Waals surface area (Å²) in [6, 6.07) is 7.72. The minimum absolute atomic E-state index is 0.195. The lowest BCUT2D eigenvalue weighted by molar-refractivity contribution is 0.0342. The molecule has 0 bridgehead atoms. The van der Waals surface area contributed by atoms with Gasteiger partial charge < -0.3 is 9.47 Å². The monoisotopic (exact) mass is 352 g/mol. The fourth-order valence-corrected chi connectivity index (χ4v) is 5.20. The molecule has 7 heteroatoms. The van der Waals surface area contributed by atoms with Gasteiger partial charge in [0.05, 0.1) is 13.2 Å². The molecule has 1 aromatic carbocycles. The van der Waals surface area contributed by atoms with Crippen molar-refractivity contribution < 1.29 is 17.9 Å². The van der Waals surface area contributed by atoms with E-state index in [0.29, 0.717) is 5.56 Å². The third-order valence-electron chi connectivity index (χ3n) is 4.39. The second-order valence-electron chi connectivity index (χ2n) is 6.84. The van der Waals surface area contributed by atoms with Crippen molar-refractivity contribution in [2.45, 2.75) is 38.2 Å². The van der Waals surface area contributed by atoms with Gasteiger partial charge in [-0.25, -0.2) is 8.42 Å². The fourth-order valence-electron chi connectivity index (χ4n) is 3.43. The maximum Gasteiger partial charge on any atom is 0.267 e. The number of sulfonamides is 1. The molecular weight excluding hydrogens is 328 g/mol. The Morgan fingerprint density at radius 3 is 2.42 bits per heavy atom. The number of rotatable bonds is 3. The molecule has 6 nitrogen and oxygen atoms in total. The van der Waals surface area contributed by atoms with E-state index in [9.17, 15) is 8.42 Å². The highest BCUT2D eigenvalue weighted by Gasteiger charge is 2.46. The molecule has 1 fully saturated rings. The van der Waals surface area contributed by atoms with E-state index in [2.05, 4.69) is 9.30 Å². The van der Waals surface area contributed by atoms with Crippen molar-refractivity contribution in [1.29, 1.82) is 0 Å². The molecule has 0 spiro atoms. The number of ether oxygens (including phenoxy) is 2. The summed E-state index contributed by atoms with van der Waals surface area (Å²) < 4.78 is 39.8. The van der Waals surface area contributed by atoms with Gasteiger partial charge >= 0.3 is 0 Å². The van der Waals surface area contributed by atoms with Gasteiger partial charge in [-0.3, -0.25) is 4.90 Å². The van der Waals surface area contributed by atoms with E-state index in [0.717, 1.165) is 38.4 Å². The van der Waals surface area contributed by atoms with Gasteiger partial charge in [0.15, 0.2) is 5.90 Å². The van der Waals surface area contributed by atoms with Crippen LogP contribution in [0.4, 0.5) is 0 Å². The van der Waals surface area contributed by atoms with Crippen molar-refractivity contribution in [3.63, 3.8) is 0 Å². The van der Waals surface area contributed by atoms with Crippen LogP contribution < -0.4 is 0 Å². The van der Waals surface area contributed by atoms with E-state index >= 15 is 0 Å². The van der Waals surface area contributed by atoms with Gasteiger partial charge in [-0.2, -0.15) is 0 Å². The molecule has 1 saturated heterocycles. The highest BCUT2D eigenvalue weighted by Crippen LogP contribution is 2.40. The van der Waals surface area contributed by atoms with Gasteiger partial charge in [-0.1, -0.05) is 24.3 Å². The van der Waals surface area contributed by atoms with Crippen LogP contribution in [-0.4, -0.2) is 51.1 Å². The zero-order valence-corrected chi connectivity index (χ0v) is 15.2. The van der Waals surface area contributed by atoms with E-state index in [4.69, 9.17) is 9.47 Å². The van der Waals surface area contributed by atoms with E-state index in [1.807, 2.05) is 24.3 Å². The van der Waals surface area contributed by atoms with Crippen LogP contribution in [0.15, 0.2) is 28.7 Å². The molecular formula is C17H24N2O4S. The number of nitrogens with zero attached hydrogens (tertiary/aromatic N) is 2. The lowest BCUT2D eigenvalue weighted by Gasteiger charge is -2.36. The summed E-state index contributed by atoms with van der Waals surface area (Å²) in [5, 5.41) is -0.800. The van der Waals surface area contributed by atoms with Crippen LogP contribution in [0.1, 0.15) is 37.1 Å². The molecule has 132 valence electrons. The minimum atomic E-state index is -3.64. The molecule has 1 atom stereocenters. The Hall–Kier alpha value is -1.44. The molecule has 0 amide bonds. The van der Waals surface area contributed by atoms with Gasteiger partial charge in [-0.05, 0) is 25.0 Å². The lowest BCUT2D eigenvalue weighted by atomic mass is 9.96. The summed E-state index contributed by atoms with van der Waals surface area (Å²) in [5.41, 5.74) is 1.02. The molecule has 0 aliphatic carbocycles. The van der Waals surface area contributed by atoms with Crippen molar-refractivity contribution in [3.05, 3.63) is 35.4 Å². The smallest absolute Gasteiger partial charge is 0.267 e. The van der Waals surface area contributed by atoms with Crippen LogP contribution >= 0.6 is 0 Å². The quantitative estimate of drug-likeness (QED) is 0.833. The molecule has 24 heavy (non-hydrogen) atoms. The minimum Gasteiger partial charge on any atom is -0.473 e. The Balaban J connectivity index is 1.82. The highest BCUT2D eigenvalue weighted by molar-refractivity contribution is 7.90. The Bertz CT molecular complexity index is 719. The fraction of sp³-hybridized carbons (Fsp3) is 0.588. The Morgan fingerprint density at radius 1 is 1.21 bits per heavy atom. The first-order chi connectivity index (χ1) is 11.3. The second kappa shape index (κ2) is 6.46. The van der Waals surface area contributed by atoms with Gasteiger partial charge in [0.25, 0.3) is 10.0 Å². The molecule has 0 radical (unpaired) electrons. The van der Waals surface area contributed by atoms with E-state index in [1.165, 1.54) is 0 Å². The molecule has 2 aliphatic rings. The maximum absolute atomic E-state index is 12.5. The summed E-state index contributed by atoms with van der Waals surface area (Å²) >= 11 is 0. The molecule has 2 heterocycles. The summed E-state index contributed by atoms with van der Waals surface area (Å²) in [5.74, 6) is 0.195. The first kappa shape index (κ1) is 17.4. The van der Waals surface area contributed by atoms with Crippen molar-refractivity contribution in [3.8, 4) is 0 Å². The lowest BCUT2D eigenvalue weighted by Crippen LogP contribution is -2.42. The molecule has 3 rings (SSSR count). The Morgan fingerprint density at radius 2 is 1.83 bits per heavy atom. The summed E-state index contributed by atoms with van der Waals surface area (Å²) in [6.07, 6.45) is 0. The van der Waals surface area contributed by atoms with Crippen molar-refractivity contribution in [1.82, 2.24) is 4.90 Å². The van der Waals surface area contributed by atoms with Crippen LogP contribution in [0.5, 0.6) is 0 Å². The third-order valence-corrected chi connectivity index (χ3v) is 6.34. The predicted octanol–water partition coefficient (Wildman–Crippen LogP) is 2.12. The number of hydrogen-bond acceptors (Lipinski definition) is 5. The number of hydrogen-bond donors (Lipinski definition) is 0. The van der Waals surface area contributed by atoms with Crippen molar-refractivity contribution >= 4 is 15.9 Å². The highest BCUT2D eigenvalue weighted by atomic mass is 32.2. The third kappa shape index (κ3) is 3.63. The predicted molar refractivity (Wildman–Crippen MR) is 92.5 cm³/mol.